The molecule has 2 aromatic carbocycles. The van der Waals surface area contributed by atoms with Crippen molar-refractivity contribution < 1.29 is 31.2 Å². The number of ether oxygens (including phenoxy) is 1. The molecule has 0 saturated carbocycles. The van der Waals surface area contributed by atoms with Gasteiger partial charge in [-0.25, -0.2) is 4.68 Å². The summed E-state index contributed by atoms with van der Waals surface area (Å²) >= 11 is 1.14. The fourth-order valence-electron chi connectivity index (χ4n) is 2.72. The minimum Gasteiger partial charge on any atom is -0.435 e. The summed E-state index contributed by atoms with van der Waals surface area (Å²) in [5.74, 6) is 6.82. The molecule has 2 heterocycles. The van der Waals surface area contributed by atoms with E-state index in [4.69, 9.17) is 10.4 Å². The fraction of sp³-hybridized carbons (Fsp3) is 0.158. The normalized spacial score (nSPS) is 11.8. The summed E-state index contributed by atoms with van der Waals surface area (Å²) in [6.45, 7) is -2.93. The maximum absolute atomic E-state index is 12.7. The van der Waals surface area contributed by atoms with Gasteiger partial charge in [-0.2, -0.15) is 26.9 Å². The van der Waals surface area contributed by atoms with Crippen molar-refractivity contribution in [1.82, 2.24) is 25.0 Å². The Bertz CT molecular complexity index is 1220. The van der Waals surface area contributed by atoms with Crippen LogP contribution in [0.1, 0.15) is 11.5 Å². The van der Waals surface area contributed by atoms with Crippen LogP contribution in [0, 0.1) is 0 Å². The number of nitrogens with zero attached hydrogens (tertiary/aromatic N) is 5. The van der Waals surface area contributed by atoms with Gasteiger partial charge in [0.2, 0.25) is 16.9 Å². The van der Waals surface area contributed by atoms with Crippen molar-refractivity contribution in [3.05, 3.63) is 60.0 Å². The van der Waals surface area contributed by atoms with Crippen LogP contribution in [0.2, 0.25) is 0 Å². The molecule has 0 bridgehead atoms. The third-order valence-corrected chi connectivity index (χ3v) is 5.19. The molecule has 172 valence electrons. The molecule has 2 aromatic heterocycles. The highest BCUT2D eigenvalue weighted by atomic mass is 32.2. The number of alkyl halides is 5. The Kier molecular flexibility index (Phi) is 6.18. The van der Waals surface area contributed by atoms with E-state index in [-0.39, 0.29) is 29.0 Å². The van der Waals surface area contributed by atoms with Crippen molar-refractivity contribution >= 4 is 11.8 Å². The fourth-order valence-corrected chi connectivity index (χ4v) is 3.42. The Morgan fingerprint density at radius 3 is 2.30 bits per heavy atom. The van der Waals surface area contributed by atoms with Gasteiger partial charge in [0.05, 0.1) is 11.3 Å². The van der Waals surface area contributed by atoms with E-state index in [0.717, 1.165) is 23.9 Å². The number of nitrogens with two attached hydrogens (primary N) is 1. The minimum absolute atomic E-state index is 0.00770. The highest BCUT2D eigenvalue weighted by Gasteiger charge is 2.30. The molecule has 0 saturated heterocycles. The summed E-state index contributed by atoms with van der Waals surface area (Å²) in [5, 5.41) is 12.1. The molecule has 0 atom stereocenters. The standard InChI is InChI=1S/C19H13F5N6O2S/c20-17(21)31-13-7-3-11(4-8-13)16-27-28-18(30(16)25)33-9-14-26-15(29-32-14)10-1-5-12(6-2-10)19(22,23)24/h1-8,17H,9,25H2. The topological polar surface area (TPSA) is 105 Å². The SMILES string of the molecule is Nn1c(SCc2nc(-c3ccc(C(F)(F)F)cc3)no2)nnc1-c1ccc(OC(F)F)cc1. The summed E-state index contributed by atoms with van der Waals surface area (Å²) in [4.78, 5) is 4.16. The van der Waals surface area contributed by atoms with Crippen LogP contribution < -0.4 is 10.6 Å². The number of hydrogen-bond acceptors (Lipinski definition) is 8. The second kappa shape index (κ2) is 9.05. The molecule has 0 aliphatic rings. The van der Waals surface area contributed by atoms with Crippen LogP contribution in [0.3, 0.4) is 0 Å². The van der Waals surface area contributed by atoms with Gasteiger partial charge in [0.25, 0.3) is 0 Å². The number of thioether (sulfide) groups is 1. The minimum atomic E-state index is -4.43. The Labute approximate surface area is 186 Å². The average Bonchev–Trinajstić information content (AvgIpc) is 3.39. The third kappa shape index (κ3) is 5.22. The lowest BCUT2D eigenvalue weighted by molar-refractivity contribution is -0.137. The van der Waals surface area contributed by atoms with Gasteiger partial charge in [-0.15, -0.1) is 10.2 Å². The molecule has 0 aliphatic carbocycles. The number of aromatic nitrogens is 5. The number of benzene rings is 2. The van der Waals surface area contributed by atoms with Crippen LogP contribution >= 0.6 is 11.8 Å². The van der Waals surface area contributed by atoms with E-state index in [1.54, 1.807) is 0 Å². The van der Waals surface area contributed by atoms with E-state index in [0.29, 0.717) is 16.3 Å². The van der Waals surface area contributed by atoms with Crippen LogP contribution in [0.4, 0.5) is 22.0 Å². The summed E-state index contributed by atoms with van der Waals surface area (Å²) in [5.41, 5.74) is 0.118. The largest absolute Gasteiger partial charge is 0.435 e. The molecule has 0 fully saturated rings. The number of rotatable bonds is 7. The predicted molar refractivity (Wildman–Crippen MR) is 107 cm³/mol. The lowest BCUT2D eigenvalue weighted by Gasteiger charge is -2.06. The van der Waals surface area contributed by atoms with E-state index in [1.165, 1.54) is 41.1 Å². The monoisotopic (exact) mass is 484 g/mol. The van der Waals surface area contributed by atoms with Crippen molar-refractivity contribution in [2.45, 2.75) is 23.7 Å². The first-order valence-electron chi connectivity index (χ1n) is 9.09. The van der Waals surface area contributed by atoms with Crippen LogP contribution in [0.5, 0.6) is 5.75 Å². The Hall–Kier alpha value is -3.68. The van der Waals surface area contributed by atoms with Crippen LogP contribution in [-0.4, -0.2) is 31.6 Å². The average molecular weight is 484 g/mol. The molecule has 4 rings (SSSR count). The van der Waals surface area contributed by atoms with Crippen LogP contribution in [-0.2, 0) is 11.9 Å². The van der Waals surface area contributed by atoms with Gasteiger partial charge >= 0.3 is 12.8 Å². The lowest BCUT2D eigenvalue weighted by Crippen LogP contribution is -2.11. The second-order valence-electron chi connectivity index (χ2n) is 6.45. The molecule has 2 N–H and O–H groups in total. The highest BCUT2D eigenvalue weighted by molar-refractivity contribution is 7.98. The third-order valence-electron chi connectivity index (χ3n) is 4.27. The lowest BCUT2D eigenvalue weighted by atomic mass is 10.1. The first kappa shape index (κ1) is 22.5. The Morgan fingerprint density at radius 2 is 1.67 bits per heavy atom. The number of hydrogen-bond donors (Lipinski definition) is 1. The predicted octanol–water partition coefficient (Wildman–Crippen LogP) is 4.62. The van der Waals surface area contributed by atoms with Crippen molar-refractivity contribution in [2.75, 3.05) is 5.84 Å². The van der Waals surface area contributed by atoms with E-state index >= 15 is 0 Å². The van der Waals surface area contributed by atoms with Crippen LogP contribution in [0.15, 0.2) is 58.2 Å². The second-order valence-corrected chi connectivity index (χ2v) is 7.40. The first-order valence-corrected chi connectivity index (χ1v) is 10.1. The zero-order valence-electron chi connectivity index (χ0n) is 16.3. The summed E-state index contributed by atoms with van der Waals surface area (Å²) < 4.78 is 73.2. The van der Waals surface area contributed by atoms with Gasteiger partial charge in [0.15, 0.2) is 5.82 Å². The molecule has 0 unspecified atom stereocenters. The van der Waals surface area contributed by atoms with Gasteiger partial charge in [-0.05, 0) is 36.4 Å². The molecular formula is C19H13F5N6O2S. The van der Waals surface area contributed by atoms with Gasteiger partial charge in [-0.1, -0.05) is 29.1 Å². The van der Waals surface area contributed by atoms with Crippen molar-refractivity contribution in [2.24, 2.45) is 0 Å². The zero-order chi connectivity index (χ0) is 23.6. The summed E-state index contributed by atoms with van der Waals surface area (Å²) in [6.07, 6.45) is -4.43. The molecular weight excluding hydrogens is 471 g/mol. The first-order chi connectivity index (χ1) is 15.7. The van der Waals surface area contributed by atoms with E-state index in [2.05, 4.69) is 25.1 Å². The molecule has 0 aliphatic heterocycles. The van der Waals surface area contributed by atoms with Crippen molar-refractivity contribution in [1.29, 1.82) is 0 Å². The van der Waals surface area contributed by atoms with Gasteiger partial charge in [0.1, 0.15) is 5.75 Å². The highest BCUT2D eigenvalue weighted by Crippen LogP contribution is 2.31. The number of nitrogen functional groups attached to an aromatic ring is 1. The maximum atomic E-state index is 12.7. The molecule has 0 spiro atoms. The van der Waals surface area contributed by atoms with Crippen molar-refractivity contribution in [3.8, 4) is 28.5 Å². The molecule has 0 radical (unpaired) electrons. The van der Waals surface area contributed by atoms with Gasteiger partial charge < -0.3 is 15.1 Å². The maximum Gasteiger partial charge on any atom is 0.416 e. The number of halogens is 5. The smallest absolute Gasteiger partial charge is 0.416 e. The molecule has 14 heteroatoms. The Morgan fingerprint density at radius 1 is 1.00 bits per heavy atom. The Balaban J connectivity index is 1.41. The molecule has 0 amide bonds. The van der Waals surface area contributed by atoms with Gasteiger partial charge in [-0.3, -0.25) is 0 Å². The van der Waals surface area contributed by atoms with E-state index in [1.807, 2.05) is 0 Å². The van der Waals surface area contributed by atoms with Crippen LogP contribution in [0.25, 0.3) is 22.8 Å². The molecule has 8 nitrogen and oxygen atoms in total. The summed E-state index contributed by atoms with van der Waals surface area (Å²) in [6, 6.07) is 10.1. The zero-order valence-corrected chi connectivity index (χ0v) is 17.1. The van der Waals surface area contributed by atoms with Gasteiger partial charge in [0, 0.05) is 11.1 Å². The molecule has 33 heavy (non-hydrogen) atoms. The van der Waals surface area contributed by atoms with E-state index in [9.17, 15) is 22.0 Å². The summed E-state index contributed by atoms with van der Waals surface area (Å²) in [7, 11) is 0. The van der Waals surface area contributed by atoms with E-state index < -0.39 is 18.4 Å². The molecule has 4 aromatic rings. The quantitative estimate of drug-likeness (QED) is 0.230. The van der Waals surface area contributed by atoms with Crippen molar-refractivity contribution in [3.63, 3.8) is 0 Å².